The molecular weight excluding hydrogens is 551 g/mol. The number of carbonyl (C=O) groups is 2. The van der Waals surface area contributed by atoms with Gasteiger partial charge in [0, 0.05) is 43.3 Å². The number of rotatable bonds is 6. The zero-order valence-corrected chi connectivity index (χ0v) is 25.9. The number of methoxy groups -OCH3 is 1. The van der Waals surface area contributed by atoms with Crippen molar-refractivity contribution in [3.63, 3.8) is 0 Å². The average Bonchev–Trinajstić information content (AvgIpc) is 3.33. The maximum absolute atomic E-state index is 14.5. The molecule has 0 aromatic carbocycles. The summed E-state index contributed by atoms with van der Waals surface area (Å²) >= 11 is 13.6. The maximum Gasteiger partial charge on any atom is 0.326 e. The topological polar surface area (TPSA) is 83.5 Å². The number of hydrogen-bond acceptors (Lipinski definition) is 5. The van der Waals surface area contributed by atoms with Crippen molar-refractivity contribution < 1.29 is 19.1 Å². The Balaban J connectivity index is 1.55. The van der Waals surface area contributed by atoms with Crippen LogP contribution in [0.15, 0.2) is 4.99 Å². The number of hydrogen-bond donors (Lipinski definition) is 1. The Hall–Kier alpha value is -1.09. The number of aliphatic imine (C=N–C) groups is 1. The quantitative estimate of drug-likeness (QED) is 0.426. The Morgan fingerprint density at radius 2 is 1.80 bits per heavy atom. The Labute approximate surface area is 249 Å². The summed E-state index contributed by atoms with van der Waals surface area (Å²) in [5, 5.41) is 3.11. The number of carbonyl (C=O) groups excluding carboxylic acids is 2. The van der Waals surface area contributed by atoms with Crippen LogP contribution >= 0.6 is 23.2 Å². The second-order valence-corrected chi connectivity index (χ2v) is 14.0. The highest BCUT2D eigenvalue weighted by molar-refractivity contribution is 6.21. The van der Waals surface area contributed by atoms with E-state index in [1.807, 2.05) is 4.90 Å². The van der Waals surface area contributed by atoms with Crippen molar-refractivity contribution in [3.05, 3.63) is 0 Å². The average molecular weight is 600 g/mol. The van der Waals surface area contributed by atoms with Crippen molar-refractivity contribution in [2.75, 3.05) is 26.7 Å². The molecule has 3 saturated carbocycles. The first-order chi connectivity index (χ1) is 19.3. The lowest BCUT2D eigenvalue weighted by Gasteiger charge is -2.44. The van der Waals surface area contributed by atoms with Gasteiger partial charge < -0.3 is 19.7 Å². The maximum atomic E-state index is 14.5. The Kier molecular flexibility index (Phi) is 10.2. The molecule has 40 heavy (non-hydrogen) atoms. The first kappa shape index (κ1) is 30.4. The number of alkyl halides is 2. The van der Waals surface area contributed by atoms with E-state index in [-0.39, 0.29) is 71.5 Å². The van der Waals surface area contributed by atoms with Crippen LogP contribution in [0.2, 0.25) is 0 Å². The first-order valence-corrected chi connectivity index (χ1v) is 16.5. The number of piperazine rings is 1. The monoisotopic (exact) mass is 598 g/mol. The van der Waals surface area contributed by atoms with Gasteiger partial charge in [-0.2, -0.15) is 0 Å². The molecule has 1 saturated heterocycles. The third-order valence-corrected chi connectivity index (χ3v) is 10.9. The van der Waals surface area contributed by atoms with E-state index in [2.05, 4.69) is 19.2 Å². The first-order valence-electron chi connectivity index (χ1n) is 15.7. The highest BCUT2D eigenvalue weighted by atomic mass is 35.5. The summed E-state index contributed by atoms with van der Waals surface area (Å²) in [5.74, 6) is 1.27. The normalized spacial score (nSPS) is 39.3. The molecule has 2 heterocycles. The van der Waals surface area contributed by atoms with Crippen molar-refractivity contribution >= 4 is 41.0 Å². The molecule has 3 aliphatic carbocycles. The van der Waals surface area contributed by atoms with Crippen molar-refractivity contribution in [2.24, 2.45) is 22.7 Å². The molecule has 7 atom stereocenters. The summed E-state index contributed by atoms with van der Waals surface area (Å²) in [7, 11) is 1.77. The highest BCUT2D eigenvalue weighted by Crippen LogP contribution is 2.45. The van der Waals surface area contributed by atoms with Crippen molar-refractivity contribution in [3.8, 4) is 0 Å². The molecule has 10 heteroatoms. The molecule has 5 unspecified atom stereocenters. The van der Waals surface area contributed by atoms with Crippen LogP contribution in [0.5, 0.6) is 0 Å². The lowest BCUT2D eigenvalue weighted by molar-refractivity contribution is -0.123. The van der Waals surface area contributed by atoms with Gasteiger partial charge in [-0.15, -0.1) is 23.2 Å². The number of amidine groups is 1. The molecule has 8 nitrogen and oxygen atoms in total. The third-order valence-electron chi connectivity index (χ3n) is 9.90. The molecule has 0 aromatic heterocycles. The van der Waals surface area contributed by atoms with Crippen molar-refractivity contribution in [1.29, 1.82) is 0 Å². The van der Waals surface area contributed by atoms with Crippen LogP contribution in [-0.2, 0) is 14.3 Å². The fraction of sp³-hybridized carbons (Fsp3) is 0.900. The second-order valence-electron chi connectivity index (χ2n) is 12.9. The summed E-state index contributed by atoms with van der Waals surface area (Å²) < 4.78 is 12.3. The number of nitrogens with one attached hydrogen (secondary N) is 1. The zero-order chi connectivity index (χ0) is 28.4. The van der Waals surface area contributed by atoms with E-state index in [1.165, 1.54) is 0 Å². The molecular formula is C30H48Cl2N4O4. The van der Waals surface area contributed by atoms with E-state index >= 15 is 0 Å². The molecule has 5 rings (SSSR count). The minimum Gasteiger partial charge on any atom is -0.381 e. The summed E-state index contributed by atoms with van der Waals surface area (Å²) in [6.45, 7) is 5.19. The van der Waals surface area contributed by atoms with Gasteiger partial charge in [-0.1, -0.05) is 12.8 Å². The molecule has 4 fully saturated rings. The van der Waals surface area contributed by atoms with Crippen LogP contribution in [0.25, 0.3) is 0 Å². The van der Waals surface area contributed by atoms with Gasteiger partial charge in [0.1, 0.15) is 12.4 Å². The van der Waals surface area contributed by atoms with Gasteiger partial charge in [0.2, 0.25) is 5.91 Å². The van der Waals surface area contributed by atoms with Crippen molar-refractivity contribution in [1.82, 2.24) is 15.1 Å². The molecule has 0 radical (unpaired) electrons. The van der Waals surface area contributed by atoms with Crippen LogP contribution in [0.4, 0.5) is 4.79 Å². The molecule has 1 N–H and O–H groups in total. The Morgan fingerprint density at radius 3 is 2.48 bits per heavy atom. The van der Waals surface area contributed by atoms with Crippen LogP contribution in [-0.4, -0.2) is 95.5 Å². The molecule has 0 spiro atoms. The standard InChI is InChI=1S/C30H48Cl2N4O4/c1-18(2)40-25-16-21(39-3)12-13-23(25)29-34-27(22-6-4-5-7-24(22)32)28(19-8-10-20(31)11-9-19)36(29)30(38)35-15-14-33-26(37)17-35/h18-25,27-28H,4-17H2,1-3H3,(H,33,37)/t19?,20?,21?,22?,23?,24?,25?,27-,28+/m0/s1. The number of nitrogens with zero attached hydrogens (tertiary/aromatic N) is 3. The van der Waals surface area contributed by atoms with Crippen LogP contribution in [0.1, 0.15) is 84.5 Å². The third kappa shape index (κ3) is 6.60. The molecule has 5 aliphatic rings. The zero-order valence-electron chi connectivity index (χ0n) is 24.4. The molecule has 0 bridgehead atoms. The number of halogens is 2. The van der Waals surface area contributed by atoms with E-state index in [4.69, 9.17) is 37.7 Å². The van der Waals surface area contributed by atoms with Gasteiger partial charge >= 0.3 is 6.03 Å². The minimum absolute atomic E-state index is 0.00870. The van der Waals surface area contributed by atoms with Gasteiger partial charge in [0.15, 0.2) is 0 Å². The summed E-state index contributed by atoms with van der Waals surface area (Å²) in [5.41, 5.74) is 0. The van der Waals surface area contributed by atoms with Crippen LogP contribution in [0.3, 0.4) is 0 Å². The number of ether oxygens (including phenoxy) is 2. The van der Waals surface area contributed by atoms with E-state index in [9.17, 15) is 9.59 Å². The molecule has 2 aliphatic heterocycles. The van der Waals surface area contributed by atoms with Gasteiger partial charge in [0.05, 0.1) is 30.4 Å². The molecule has 226 valence electrons. The fourth-order valence-electron chi connectivity index (χ4n) is 7.91. The molecule has 3 amide bonds. The Morgan fingerprint density at radius 1 is 1.05 bits per heavy atom. The Bertz CT molecular complexity index is 927. The smallest absolute Gasteiger partial charge is 0.326 e. The lowest BCUT2D eigenvalue weighted by Crippen LogP contribution is -2.60. The summed E-state index contributed by atoms with van der Waals surface area (Å²) in [6.07, 6.45) is 10.8. The van der Waals surface area contributed by atoms with E-state index in [1.54, 1.807) is 12.0 Å². The predicted molar refractivity (Wildman–Crippen MR) is 158 cm³/mol. The largest absolute Gasteiger partial charge is 0.381 e. The van der Waals surface area contributed by atoms with Gasteiger partial charge in [-0.05, 0) is 77.0 Å². The fourth-order valence-corrected chi connectivity index (χ4v) is 8.59. The second kappa shape index (κ2) is 13.5. The highest BCUT2D eigenvalue weighted by Gasteiger charge is 2.53. The number of amides is 3. The van der Waals surface area contributed by atoms with E-state index in [0.717, 1.165) is 76.5 Å². The van der Waals surface area contributed by atoms with Crippen LogP contribution < -0.4 is 5.32 Å². The van der Waals surface area contributed by atoms with Crippen LogP contribution in [0, 0.1) is 17.8 Å². The van der Waals surface area contributed by atoms with Crippen molar-refractivity contribution in [2.45, 2.75) is 126 Å². The van der Waals surface area contributed by atoms with Gasteiger partial charge in [-0.25, -0.2) is 4.79 Å². The minimum atomic E-state index is -0.109. The summed E-state index contributed by atoms with van der Waals surface area (Å²) in [6, 6.07) is -0.203. The number of urea groups is 1. The van der Waals surface area contributed by atoms with Gasteiger partial charge in [-0.3, -0.25) is 14.7 Å². The SMILES string of the molecule is COC1CCC(C2=N[C@@H](C3CCCCC3Cl)[C@@H](C3CCC(Cl)CC3)N2C(=O)N2CCNC(=O)C2)C(OC(C)C)C1. The predicted octanol–water partition coefficient (Wildman–Crippen LogP) is 5.19. The van der Waals surface area contributed by atoms with E-state index in [0.29, 0.717) is 19.0 Å². The van der Waals surface area contributed by atoms with Gasteiger partial charge in [0.25, 0.3) is 0 Å². The summed E-state index contributed by atoms with van der Waals surface area (Å²) in [4.78, 5) is 36.2. The van der Waals surface area contributed by atoms with E-state index < -0.39 is 0 Å². The molecule has 0 aromatic rings. The lowest BCUT2D eigenvalue weighted by atomic mass is 9.74.